The van der Waals surface area contributed by atoms with Gasteiger partial charge in [-0.3, -0.25) is 4.79 Å². The maximum atomic E-state index is 12.8. The highest BCUT2D eigenvalue weighted by molar-refractivity contribution is 5.76. The average Bonchev–Trinajstić information content (AvgIpc) is 3.29. The van der Waals surface area contributed by atoms with E-state index in [2.05, 4.69) is 15.5 Å². The monoisotopic (exact) mass is 455 g/mol. The molecule has 2 heterocycles. The van der Waals surface area contributed by atoms with E-state index in [-0.39, 0.29) is 18.4 Å². The van der Waals surface area contributed by atoms with Crippen LogP contribution in [0.5, 0.6) is 5.75 Å². The fourth-order valence-corrected chi connectivity index (χ4v) is 4.37. The molecule has 4 aromatic rings. The second-order valence-electron chi connectivity index (χ2n) is 8.28. The number of rotatable bonds is 6. The van der Waals surface area contributed by atoms with Crippen molar-refractivity contribution in [3.63, 3.8) is 0 Å². The van der Waals surface area contributed by atoms with Crippen LogP contribution in [0.1, 0.15) is 34.3 Å². The van der Waals surface area contributed by atoms with Gasteiger partial charge in [0.25, 0.3) is 0 Å². The fraction of sp³-hybridized carbons (Fsp3) is 0.231. The van der Waals surface area contributed by atoms with Gasteiger partial charge in [-0.25, -0.2) is 4.68 Å². The molecule has 34 heavy (non-hydrogen) atoms. The van der Waals surface area contributed by atoms with Crippen molar-refractivity contribution in [1.82, 2.24) is 25.1 Å². The molecule has 0 radical (unpaired) electrons. The van der Waals surface area contributed by atoms with E-state index < -0.39 is 6.10 Å². The van der Waals surface area contributed by atoms with Gasteiger partial charge in [0, 0.05) is 18.0 Å². The van der Waals surface area contributed by atoms with Crippen LogP contribution >= 0.6 is 0 Å². The van der Waals surface area contributed by atoms with Crippen LogP contribution in [0.4, 0.5) is 0 Å². The van der Waals surface area contributed by atoms with Crippen LogP contribution in [0.2, 0.25) is 0 Å². The first-order chi connectivity index (χ1) is 16.7. The Morgan fingerprint density at radius 3 is 2.32 bits per heavy atom. The van der Waals surface area contributed by atoms with E-state index in [4.69, 9.17) is 4.74 Å². The Kier molecular flexibility index (Phi) is 6.31. The normalized spacial score (nSPS) is 14.2. The van der Waals surface area contributed by atoms with Crippen molar-refractivity contribution >= 4 is 5.91 Å². The first-order valence-electron chi connectivity index (χ1n) is 11.2. The van der Waals surface area contributed by atoms with Crippen LogP contribution < -0.4 is 4.74 Å². The Balaban J connectivity index is 1.43. The van der Waals surface area contributed by atoms with Crippen molar-refractivity contribution in [2.75, 3.05) is 13.2 Å². The van der Waals surface area contributed by atoms with Crippen molar-refractivity contribution in [1.29, 1.82) is 0 Å². The lowest BCUT2D eigenvalue weighted by Crippen LogP contribution is -2.35. The molecule has 1 atom stereocenters. The van der Waals surface area contributed by atoms with E-state index in [0.29, 0.717) is 19.7 Å². The molecule has 172 valence electrons. The minimum atomic E-state index is -0.774. The minimum absolute atomic E-state index is 0.0642. The van der Waals surface area contributed by atoms with E-state index in [1.165, 1.54) is 11.0 Å². The van der Waals surface area contributed by atoms with Gasteiger partial charge in [0.2, 0.25) is 5.91 Å². The summed E-state index contributed by atoms with van der Waals surface area (Å²) in [5, 5.41) is 22.5. The number of amides is 1. The SMILES string of the molecule is O=C(Cn1cnnn1)N1CCOc2ccc([C@H](O)C(c3ccccc3)c3ccccc3)cc2C1. The van der Waals surface area contributed by atoms with Crippen LogP contribution in [-0.4, -0.2) is 49.3 Å². The van der Waals surface area contributed by atoms with Gasteiger partial charge in [0.15, 0.2) is 0 Å². The number of carbonyl (C=O) groups is 1. The van der Waals surface area contributed by atoms with Crippen LogP contribution in [0.25, 0.3) is 0 Å². The maximum Gasteiger partial charge on any atom is 0.244 e. The summed E-state index contributed by atoms with van der Waals surface area (Å²) in [5.41, 5.74) is 3.70. The van der Waals surface area contributed by atoms with Gasteiger partial charge < -0.3 is 14.7 Å². The Morgan fingerprint density at radius 1 is 0.971 bits per heavy atom. The number of tetrazole rings is 1. The second-order valence-corrected chi connectivity index (χ2v) is 8.28. The molecule has 1 aliphatic heterocycles. The number of aromatic nitrogens is 4. The van der Waals surface area contributed by atoms with Crippen molar-refractivity contribution in [3.05, 3.63) is 107 Å². The first kappa shape index (κ1) is 21.8. The highest BCUT2D eigenvalue weighted by Crippen LogP contribution is 2.38. The summed E-state index contributed by atoms with van der Waals surface area (Å²) in [7, 11) is 0. The van der Waals surface area contributed by atoms with Crippen molar-refractivity contribution in [2.45, 2.75) is 25.1 Å². The molecule has 0 unspecified atom stereocenters. The number of ether oxygens (including phenoxy) is 1. The molecular formula is C26H25N5O3. The molecule has 8 heteroatoms. The van der Waals surface area contributed by atoms with Gasteiger partial charge in [0.05, 0.1) is 12.6 Å². The fourth-order valence-electron chi connectivity index (χ4n) is 4.37. The standard InChI is InChI=1S/C26H25N5O3/c32-24(17-31-18-27-28-29-31)30-13-14-34-23-12-11-21(15-22(23)16-30)26(33)25(19-7-3-1-4-8-19)20-9-5-2-6-10-20/h1-12,15,18,25-26,33H,13-14,16-17H2/t26-/m0/s1. The topological polar surface area (TPSA) is 93.4 Å². The van der Waals surface area contributed by atoms with Crippen molar-refractivity contribution in [3.8, 4) is 5.75 Å². The van der Waals surface area contributed by atoms with Crippen LogP contribution in [-0.2, 0) is 17.9 Å². The Bertz CT molecular complexity index is 1190. The molecule has 0 fully saturated rings. The summed E-state index contributed by atoms with van der Waals surface area (Å²) in [6.07, 6.45) is 0.644. The van der Waals surface area contributed by atoms with Crippen LogP contribution in [0.15, 0.2) is 85.2 Å². The molecule has 0 saturated heterocycles. The van der Waals surface area contributed by atoms with E-state index in [1.807, 2.05) is 78.9 Å². The van der Waals surface area contributed by atoms with Gasteiger partial charge in [-0.1, -0.05) is 66.7 Å². The lowest BCUT2D eigenvalue weighted by molar-refractivity contribution is -0.132. The summed E-state index contributed by atoms with van der Waals surface area (Å²) < 4.78 is 7.31. The summed E-state index contributed by atoms with van der Waals surface area (Å²) in [4.78, 5) is 14.6. The molecule has 0 bridgehead atoms. The molecule has 8 nitrogen and oxygen atoms in total. The van der Waals surface area contributed by atoms with E-state index >= 15 is 0 Å². The zero-order chi connectivity index (χ0) is 23.3. The number of aliphatic hydroxyl groups excluding tert-OH is 1. The molecule has 0 saturated carbocycles. The largest absolute Gasteiger partial charge is 0.491 e. The molecule has 5 rings (SSSR count). The molecule has 1 aromatic heterocycles. The molecule has 1 N–H and O–H groups in total. The summed E-state index contributed by atoms with van der Waals surface area (Å²) in [6, 6.07) is 25.7. The minimum Gasteiger partial charge on any atom is -0.491 e. The molecule has 0 spiro atoms. The first-order valence-corrected chi connectivity index (χ1v) is 11.2. The zero-order valence-corrected chi connectivity index (χ0v) is 18.6. The van der Waals surface area contributed by atoms with Crippen molar-refractivity contribution in [2.24, 2.45) is 0 Å². The van der Waals surface area contributed by atoms with Gasteiger partial charge >= 0.3 is 0 Å². The summed E-state index contributed by atoms with van der Waals surface area (Å²) in [6.45, 7) is 1.31. The highest BCUT2D eigenvalue weighted by atomic mass is 16.5. The molecule has 1 amide bonds. The van der Waals surface area contributed by atoms with Gasteiger partial charge in [-0.05, 0) is 39.2 Å². The lowest BCUT2D eigenvalue weighted by Gasteiger charge is -2.25. The number of aliphatic hydroxyl groups is 1. The van der Waals surface area contributed by atoms with Gasteiger partial charge in [-0.2, -0.15) is 0 Å². The number of benzene rings is 3. The van der Waals surface area contributed by atoms with Crippen LogP contribution in [0.3, 0.4) is 0 Å². The maximum absolute atomic E-state index is 12.8. The lowest BCUT2D eigenvalue weighted by atomic mass is 9.83. The average molecular weight is 456 g/mol. The predicted molar refractivity (Wildman–Crippen MR) is 125 cm³/mol. The van der Waals surface area contributed by atoms with E-state index in [9.17, 15) is 9.90 Å². The zero-order valence-electron chi connectivity index (χ0n) is 18.6. The Hall–Kier alpha value is -4.04. The molecular weight excluding hydrogens is 430 g/mol. The quantitative estimate of drug-likeness (QED) is 0.481. The third-order valence-corrected chi connectivity index (χ3v) is 6.08. The molecule has 0 aliphatic carbocycles. The Labute approximate surface area is 197 Å². The summed E-state index contributed by atoms with van der Waals surface area (Å²) >= 11 is 0. The number of hydrogen-bond acceptors (Lipinski definition) is 6. The predicted octanol–water partition coefficient (Wildman–Crippen LogP) is 2.96. The number of fused-ring (bicyclic) bond motifs is 1. The van der Waals surface area contributed by atoms with Crippen molar-refractivity contribution < 1.29 is 14.6 Å². The number of hydrogen-bond donors (Lipinski definition) is 1. The van der Waals surface area contributed by atoms with E-state index in [0.717, 1.165) is 28.0 Å². The second kappa shape index (κ2) is 9.84. The van der Waals surface area contributed by atoms with Gasteiger partial charge in [0.1, 0.15) is 25.2 Å². The third-order valence-electron chi connectivity index (χ3n) is 6.08. The highest BCUT2D eigenvalue weighted by Gasteiger charge is 2.27. The number of nitrogens with zero attached hydrogens (tertiary/aromatic N) is 5. The van der Waals surface area contributed by atoms with Crippen LogP contribution in [0, 0.1) is 0 Å². The Morgan fingerprint density at radius 2 is 1.68 bits per heavy atom. The third kappa shape index (κ3) is 4.67. The summed E-state index contributed by atoms with van der Waals surface area (Å²) in [5.74, 6) is 0.399. The molecule has 1 aliphatic rings. The smallest absolute Gasteiger partial charge is 0.244 e. The molecule has 3 aromatic carbocycles. The van der Waals surface area contributed by atoms with E-state index in [1.54, 1.807) is 4.90 Å². The number of carbonyl (C=O) groups excluding carboxylic acids is 1. The van der Waals surface area contributed by atoms with Gasteiger partial charge in [-0.15, -0.1) is 5.10 Å².